The third-order valence-electron chi connectivity index (χ3n) is 6.08. The summed E-state index contributed by atoms with van der Waals surface area (Å²) in [5.74, 6) is 0.963. The second-order valence-corrected chi connectivity index (χ2v) is 9.40. The molecule has 0 aromatic heterocycles. The van der Waals surface area contributed by atoms with E-state index in [4.69, 9.17) is 9.47 Å². The Hall–Kier alpha value is -3.84. The van der Waals surface area contributed by atoms with Gasteiger partial charge in [-0.3, -0.25) is 14.5 Å². The first kappa shape index (κ1) is 25.3. The first-order valence-electron chi connectivity index (χ1n) is 12.1. The number of carbonyl (C=O) groups excluding carboxylic acids is 2. The Morgan fingerprint density at radius 1 is 0.806 bits per heavy atom. The summed E-state index contributed by atoms with van der Waals surface area (Å²) in [4.78, 5) is 27.7. The van der Waals surface area contributed by atoms with E-state index >= 15 is 0 Å². The van der Waals surface area contributed by atoms with Gasteiger partial charge in [0, 0.05) is 17.9 Å². The molecule has 3 aromatic rings. The van der Waals surface area contributed by atoms with Gasteiger partial charge in [-0.05, 0) is 63.1 Å². The van der Waals surface area contributed by atoms with Crippen LogP contribution in [0.2, 0.25) is 0 Å². The van der Waals surface area contributed by atoms with Crippen LogP contribution in [-0.2, 0) is 9.59 Å². The van der Waals surface area contributed by atoms with Crippen molar-refractivity contribution in [2.45, 2.75) is 33.8 Å². The minimum atomic E-state index is -0.317. The van der Waals surface area contributed by atoms with E-state index in [0.717, 1.165) is 33.6 Å². The number of para-hydroxylation sites is 2. The van der Waals surface area contributed by atoms with Gasteiger partial charge in [-0.2, -0.15) is 0 Å². The van der Waals surface area contributed by atoms with Crippen molar-refractivity contribution < 1.29 is 19.1 Å². The lowest BCUT2D eigenvalue weighted by Gasteiger charge is -2.31. The third kappa shape index (κ3) is 6.64. The number of amides is 2. The molecule has 1 aliphatic heterocycles. The molecule has 2 N–H and O–H groups in total. The number of ether oxygens (including phenoxy) is 2. The molecule has 0 saturated carbocycles. The average molecular weight is 488 g/mol. The highest BCUT2D eigenvalue weighted by Crippen LogP contribution is 2.31. The Balaban J connectivity index is 1.45. The minimum absolute atomic E-state index is 0.0368. The topological polar surface area (TPSA) is 79.9 Å². The summed E-state index contributed by atoms with van der Waals surface area (Å²) in [5.41, 5.74) is 5.76. The molecule has 36 heavy (non-hydrogen) atoms. The quantitative estimate of drug-likeness (QED) is 0.484. The number of nitrogens with zero attached hydrogens (tertiary/aromatic N) is 1. The molecular formula is C29H33N3O4. The summed E-state index contributed by atoms with van der Waals surface area (Å²) >= 11 is 0. The lowest BCUT2D eigenvalue weighted by atomic mass is 10.1. The molecule has 0 aliphatic carbocycles. The van der Waals surface area contributed by atoms with Crippen molar-refractivity contribution in [3.8, 4) is 11.5 Å². The second kappa shape index (κ2) is 11.3. The van der Waals surface area contributed by atoms with Gasteiger partial charge in [0.05, 0.1) is 13.1 Å². The van der Waals surface area contributed by atoms with E-state index in [1.807, 2.05) is 88.4 Å². The van der Waals surface area contributed by atoms with Gasteiger partial charge in [0.15, 0.2) is 11.5 Å². The molecule has 4 rings (SSSR count). The molecule has 0 saturated heterocycles. The Bertz CT molecular complexity index is 1190. The van der Waals surface area contributed by atoms with E-state index in [2.05, 4.69) is 10.6 Å². The number of hydrogen-bond donors (Lipinski definition) is 2. The molecule has 3 aromatic carbocycles. The van der Waals surface area contributed by atoms with Gasteiger partial charge in [-0.25, -0.2) is 0 Å². The zero-order valence-corrected chi connectivity index (χ0v) is 21.3. The lowest BCUT2D eigenvalue weighted by Crippen LogP contribution is -2.46. The van der Waals surface area contributed by atoms with Gasteiger partial charge in [-0.15, -0.1) is 0 Å². The number of aryl methyl sites for hydroxylation is 4. The van der Waals surface area contributed by atoms with E-state index in [0.29, 0.717) is 24.7 Å². The SMILES string of the molecule is Cc1ccc(NC(=O)CN(CC(=O)Nc2ccc(C)cc2C)C[C@@H]2COc3ccccc3O2)c(C)c1. The first-order valence-corrected chi connectivity index (χ1v) is 12.1. The smallest absolute Gasteiger partial charge is 0.238 e. The predicted molar refractivity (Wildman–Crippen MR) is 142 cm³/mol. The van der Waals surface area contributed by atoms with Crippen LogP contribution in [0, 0.1) is 27.7 Å². The molecule has 1 aliphatic rings. The molecule has 0 bridgehead atoms. The number of anilines is 2. The van der Waals surface area contributed by atoms with Gasteiger partial charge in [0.2, 0.25) is 11.8 Å². The fourth-order valence-corrected chi connectivity index (χ4v) is 4.32. The fourth-order valence-electron chi connectivity index (χ4n) is 4.32. The zero-order chi connectivity index (χ0) is 25.7. The lowest BCUT2D eigenvalue weighted by molar-refractivity contribution is -0.120. The molecule has 1 heterocycles. The molecule has 0 radical (unpaired) electrons. The Morgan fingerprint density at radius 2 is 1.33 bits per heavy atom. The van der Waals surface area contributed by atoms with Crippen molar-refractivity contribution in [2.24, 2.45) is 0 Å². The largest absolute Gasteiger partial charge is 0.486 e. The van der Waals surface area contributed by atoms with Crippen molar-refractivity contribution in [3.63, 3.8) is 0 Å². The summed E-state index contributed by atoms with van der Waals surface area (Å²) in [7, 11) is 0. The molecule has 0 fully saturated rings. The summed E-state index contributed by atoms with van der Waals surface area (Å²) in [6, 6.07) is 19.3. The summed E-state index contributed by atoms with van der Waals surface area (Å²) in [5, 5.41) is 5.95. The van der Waals surface area contributed by atoms with E-state index in [1.165, 1.54) is 0 Å². The first-order chi connectivity index (χ1) is 17.3. The minimum Gasteiger partial charge on any atom is -0.486 e. The molecule has 0 unspecified atom stereocenters. The molecule has 1 atom stereocenters. The van der Waals surface area contributed by atoms with Crippen molar-refractivity contribution in [1.82, 2.24) is 4.90 Å². The number of rotatable bonds is 8. The average Bonchev–Trinajstić information content (AvgIpc) is 2.82. The number of fused-ring (bicyclic) bond motifs is 1. The predicted octanol–water partition coefficient (Wildman–Crippen LogP) is 4.64. The van der Waals surface area contributed by atoms with Gasteiger partial charge < -0.3 is 20.1 Å². The molecule has 7 heteroatoms. The molecular weight excluding hydrogens is 454 g/mol. The molecule has 7 nitrogen and oxygen atoms in total. The highest BCUT2D eigenvalue weighted by Gasteiger charge is 2.25. The van der Waals surface area contributed by atoms with Crippen LogP contribution in [0.25, 0.3) is 0 Å². The van der Waals surface area contributed by atoms with E-state index < -0.39 is 0 Å². The van der Waals surface area contributed by atoms with Gasteiger partial charge >= 0.3 is 0 Å². The Morgan fingerprint density at radius 3 is 1.86 bits per heavy atom. The van der Waals surface area contributed by atoms with Crippen LogP contribution in [0.15, 0.2) is 60.7 Å². The highest BCUT2D eigenvalue weighted by atomic mass is 16.6. The van der Waals surface area contributed by atoms with Crippen molar-refractivity contribution in [1.29, 1.82) is 0 Å². The van der Waals surface area contributed by atoms with Crippen LogP contribution in [0.5, 0.6) is 11.5 Å². The number of hydrogen-bond acceptors (Lipinski definition) is 5. The standard InChI is InChI=1S/C29H33N3O4/c1-19-9-11-24(21(3)13-19)30-28(33)16-32(15-23-18-35-26-7-5-6-8-27(26)36-23)17-29(34)31-25-12-10-20(2)14-22(25)4/h5-14,23H,15-18H2,1-4H3,(H,30,33)(H,31,34)/t23-/m1/s1. The maximum atomic E-state index is 13.0. The van der Waals surface area contributed by atoms with Crippen LogP contribution in [0.3, 0.4) is 0 Å². The van der Waals surface area contributed by atoms with E-state index in [-0.39, 0.29) is 31.0 Å². The second-order valence-electron chi connectivity index (χ2n) is 9.40. The van der Waals surface area contributed by atoms with Gasteiger partial charge in [0.25, 0.3) is 0 Å². The number of carbonyl (C=O) groups is 2. The highest BCUT2D eigenvalue weighted by molar-refractivity contribution is 5.95. The van der Waals surface area contributed by atoms with Crippen LogP contribution in [0.1, 0.15) is 22.3 Å². The Kier molecular flexibility index (Phi) is 7.90. The normalized spacial score (nSPS) is 14.4. The monoisotopic (exact) mass is 487 g/mol. The molecule has 2 amide bonds. The molecule has 188 valence electrons. The fraction of sp³-hybridized carbons (Fsp3) is 0.310. The third-order valence-corrected chi connectivity index (χ3v) is 6.08. The number of nitrogens with one attached hydrogen (secondary N) is 2. The summed E-state index contributed by atoms with van der Waals surface area (Å²) < 4.78 is 11.9. The van der Waals surface area contributed by atoms with Crippen LogP contribution in [0.4, 0.5) is 11.4 Å². The Labute approximate surface area is 212 Å². The number of benzene rings is 3. The van der Waals surface area contributed by atoms with Crippen molar-refractivity contribution in [2.75, 3.05) is 36.9 Å². The van der Waals surface area contributed by atoms with Gasteiger partial charge in [0.1, 0.15) is 12.7 Å². The van der Waals surface area contributed by atoms with Crippen LogP contribution in [-0.4, -0.2) is 49.1 Å². The van der Waals surface area contributed by atoms with E-state index in [1.54, 1.807) is 4.90 Å². The van der Waals surface area contributed by atoms with Crippen molar-refractivity contribution in [3.05, 3.63) is 82.9 Å². The summed E-state index contributed by atoms with van der Waals surface area (Å²) in [6.45, 7) is 8.72. The summed E-state index contributed by atoms with van der Waals surface area (Å²) in [6.07, 6.45) is -0.317. The van der Waals surface area contributed by atoms with Gasteiger partial charge in [-0.1, -0.05) is 47.5 Å². The maximum absolute atomic E-state index is 13.0. The van der Waals surface area contributed by atoms with E-state index in [9.17, 15) is 9.59 Å². The van der Waals surface area contributed by atoms with Crippen LogP contribution >= 0.6 is 0 Å². The van der Waals surface area contributed by atoms with Crippen molar-refractivity contribution >= 4 is 23.2 Å². The molecule has 0 spiro atoms. The zero-order valence-electron chi connectivity index (χ0n) is 21.3. The van der Waals surface area contributed by atoms with Crippen LogP contribution < -0.4 is 20.1 Å². The maximum Gasteiger partial charge on any atom is 0.238 e.